The zero-order valence-electron chi connectivity index (χ0n) is 10.8. The smallest absolute Gasteiger partial charge is 0.151 e. The molecule has 0 amide bonds. The van der Waals surface area contributed by atoms with E-state index >= 15 is 0 Å². The van der Waals surface area contributed by atoms with Crippen molar-refractivity contribution < 1.29 is 8.42 Å². The summed E-state index contributed by atoms with van der Waals surface area (Å²) < 4.78 is 23.3. The van der Waals surface area contributed by atoms with E-state index in [4.69, 9.17) is 17.3 Å². The van der Waals surface area contributed by atoms with Crippen molar-refractivity contribution in [3.05, 3.63) is 34.9 Å². The molecule has 4 nitrogen and oxygen atoms in total. The van der Waals surface area contributed by atoms with Gasteiger partial charge in [-0.1, -0.05) is 23.7 Å². The summed E-state index contributed by atoms with van der Waals surface area (Å²) in [6.07, 6.45) is 0.666. The van der Waals surface area contributed by atoms with Gasteiger partial charge in [0.2, 0.25) is 0 Å². The number of halogens is 1. The van der Waals surface area contributed by atoms with E-state index in [2.05, 4.69) is 4.90 Å². The van der Waals surface area contributed by atoms with E-state index in [-0.39, 0.29) is 17.5 Å². The van der Waals surface area contributed by atoms with Gasteiger partial charge in [0.1, 0.15) is 0 Å². The first-order valence-electron chi connectivity index (χ1n) is 6.42. The van der Waals surface area contributed by atoms with Gasteiger partial charge in [-0.2, -0.15) is 0 Å². The summed E-state index contributed by atoms with van der Waals surface area (Å²) in [4.78, 5) is 2.15. The molecule has 0 radical (unpaired) electrons. The van der Waals surface area contributed by atoms with Gasteiger partial charge in [-0.15, -0.1) is 0 Å². The topological polar surface area (TPSA) is 63.4 Å². The maximum atomic E-state index is 11.6. The second kappa shape index (κ2) is 6.22. The highest BCUT2D eigenvalue weighted by Crippen LogP contribution is 2.24. The molecule has 2 rings (SSSR count). The zero-order valence-corrected chi connectivity index (χ0v) is 12.3. The molecule has 106 valence electrons. The van der Waals surface area contributed by atoms with Crippen molar-refractivity contribution in [1.29, 1.82) is 0 Å². The first kappa shape index (κ1) is 14.8. The maximum Gasteiger partial charge on any atom is 0.151 e. The van der Waals surface area contributed by atoms with Crippen molar-refractivity contribution >= 4 is 21.4 Å². The average Bonchev–Trinajstić information content (AvgIpc) is 2.52. The van der Waals surface area contributed by atoms with Gasteiger partial charge >= 0.3 is 0 Å². The van der Waals surface area contributed by atoms with E-state index in [9.17, 15) is 8.42 Å². The third-order valence-corrected chi connectivity index (χ3v) is 5.44. The molecule has 1 aliphatic rings. The fourth-order valence-corrected chi connectivity index (χ4v) is 3.96. The molecular formula is C13H19ClN2O2S. The van der Waals surface area contributed by atoms with Gasteiger partial charge in [0, 0.05) is 24.2 Å². The molecule has 2 N–H and O–H groups in total. The molecule has 0 aromatic heterocycles. The van der Waals surface area contributed by atoms with Crippen LogP contribution in [0.25, 0.3) is 0 Å². The van der Waals surface area contributed by atoms with Crippen LogP contribution in [0.3, 0.4) is 0 Å². The summed E-state index contributed by atoms with van der Waals surface area (Å²) in [7, 11) is -2.89. The third kappa shape index (κ3) is 3.92. The van der Waals surface area contributed by atoms with Crippen LogP contribution < -0.4 is 5.73 Å². The van der Waals surface area contributed by atoms with Crippen LogP contribution in [0.15, 0.2) is 24.3 Å². The Balaban J connectivity index is 2.18. The molecule has 1 atom stereocenters. The van der Waals surface area contributed by atoms with Gasteiger partial charge in [-0.25, -0.2) is 8.42 Å². The minimum absolute atomic E-state index is 0.0343. The van der Waals surface area contributed by atoms with Crippen LogP contribution in [-0.2, 0) is 9.84 Å². The largest absolute Gasteiger partial charge is 0.329 e. The summed E-state index contributed by atoms with van der Waals surface area (Å²) >= 11 is 6.01. The second-order valence-electron chi connectivity index (χ2n) is 4.85. The summed E-state index contributed by atoms with van der Waals surface area (Å²) in [6, 6.07) is 7.65. The number of hydrogen-bond acceptors (Lipinski definition) is 4. The maximum absolute atomic E-state index is 11.6. The van der Waals surface area contributed by atoms with E-state index in [1.807, 2.05) is 24.3 Å². The van der Waals surface area contributed by atoms with Gasteiger partial charge in [-0.05, 0) is 30.7 Å². The van der Waals surface area contributed by atoms with Gasteiger partial charge in [0.15, 0.2) is 9.84 Å². The summed E-state index contributed by atoms with van der Waals surface area (Å²) in [5.41, 5.74) is 6.92. The Morgan fingerprint density at radius 3 is 2.79 bits per heavy atom. The van der Waals surface area contributed by atoms with Crippen LogP contribution in [0.2, 0.25) is 5.02 Å². The highest BCUT2D eigenvalue weighted by molar-refractivity contribution is 7.91. The molecular weight excluding hydrogens is 284 g/mol. The minimum Gasteiger partial charge on any atom is -0.329 e. The monoisotopic (exact) mass is 302 g/mol. The van der Waals surface area contributed by atoms with E-state index in [0.717, 1.165) is 12.1 Å². The lowest BCUT2D eigenvalue weighted by molar-refractivity contribution is 0.218. The number of hydrogen-bond donors (Lipinski definition) is 1. The Morgan fingerprint density at radius 1 is 1.32 bits per heavy atom. The predicted octanol–water partition coefficient (Wildman–Crippen LogP) is 1.46. The lowest BCUT2D eigenvalue weighted by atomic mass is 10.1. The van der Waals surface area contributed by atoms with Crippen molar-refractivity contribution in [2.45, 2.75) is 12.5 Å². The van der Waals surface area contributed by atoms with E-state index in [0.29, 0.717) is 24.5 Å². The van der Waals surface area contributed by atoms with Gasteiger partial charge in [-0.3, -0.25) is 4.90 Å². The Morgan fingerprint density at radius 2 is 2.11 bits per heavy atom. The molecule has 0 saturated carbocycles. The summed E-state index contributed by atoms with van der Waals surface area (Å²) in [5, 5.41) is 0.679. The number of nitrogens with two attached hydrogens (primary N) is 1. The zero-order chi connectivity index (χ0) is 13.9. The van der Waals surface area contributed by atoms with Gasteiger partial charge < -0.3 is 5.73 Å². The van der Waals surface area contributed by atoms with Crippen LogP contribution in [0.5, 0.6) is 0 Å². The second-order valence-corrected chi connectivity index (χ2v) is 7.59. The first-order valence-corrected chi connectivity index (χ1v) is 8.62. The number of sulfone groups is 1. The summed E-state index contributed by atoms with van der Waals surface area (Å²) in [6.45, 7) is 1.75. The molecule has 1 saturated heterocycles. The molecule has 0 spiro atoms. The molecule has 1 unspecified atom stereocenters. The van der Waals surface area contributed by atoms with E-state index < -0.39 is 9.84 Å². The lowest BCUT2D eigenvalue weighted by Gasteiger charge is -2.29. The molecule has 1 aromatic carbocycles. The molecule has 0 bridgehead atoms. The summed E-state index contributed by atoms with van der Waals surface area (Å²) in [5.74, 6) is 0.487. The van der Waals surface area contributed by atoms with Crippen molar-refractivity contribution in [3.8, 4) is 0 Å². The third-order valence-electron chi connectivity index (χ3n) is 3.49. The molecule has 1 fully saturated rings. The van der Waals surface area contributed by atoms with Crippen LogP contribution >= 0.6 is 11.6 Å². The Labute approximate surface area is 119 Å². The quantitative estimate of drug-likeness (QED) is 0.918. The Bertz CT molecular complexity index is 533. The van der Waals surface area contributed by atoms with Crippen LogP contribution in [0.4, 0.5) is 0 Å². The highest BCUT2D eigenvalue weighted by Gasteiger charge is 2.25. The fourth-order valence-electron chi connectivity index (χ4n) is 2.48. The van der Waals surface area contributed by atoms with Crippen LogP contribution in [-0.4, -0.2) is 44.5 Å². The predicted molar refractivity (Wildman–Crippen MR) is 78.1 cm³/mol. The highest BCUT2D eigenvalue weighted by atomic mass is 35.5. The van der Waals surface area contributed by atoms with Crippen LogP contribution in [0.1, 0.15) is 18.0 Å². The lowest BCUT2D eigenvalue weighted by Crippen LogP contribution is -2.35. The van der Waals surface area contributed by atoms with E-state index in [1.165, 1.54) is 0 Å². The van der Waals surface area contributed by atoms with E-state index in [1.54, 1.807) is 0 Å². The molecule has 1 heterocycles. The molecule has 1 aromatic rings. The van der Waals surface area contributed by atoms with Gasteiger partial charge in [0.25, 0.3) is 0 Å². The van der Waals surface area contributed by atoms with Crippen molar-refractivity contribution in [3.63, 3.8) is 0 Å². The standard InChI is InChI=1S/C13H19ClN2O2S/c14-12-4-1-3-11(9-12)13(10-15)16-5-2-7-19(17,18)8-6-16/h1,3-4,9,13H,2,5-8,10,15H2. The Kier molecular flexibility index (Phi) is 4.84. The van der Waals surface area contributed by atoms with Crippen molar-refractivity contribution in [2.24, 2.45) is 5.73 Å². The Hall–Kier alpha value is -0.620. The molecule has 19 heavy (non-hydrogen) atoms. The van der Waals surface area contributed by atoms with Crippen molar-refractivity contribution in [2.75, 3.05) is 31.1 Å². The average molecular weight is 303 g/mol. The molecule has 6 heteroatoms. The normalized spacial score (nSPS) is 21.8. The number of nitrogens with zero attached hydrogens (tertiary/aromatic N) is 1. The minimum atomic E-state index is -2.89. The van der Waals surface area contributed by atoms with Crippen molar-refractivity contribution in [1.82, 2.24) is 4.90 Å². The number of benzene rings is 1. The first-order chi connectivity index (χ1) is 9.02. The molecule has 0 aliphatic carbocycles. The van der Waals surface area contributed by atoms with Gasteiger partial charge in [0.05, 0.1) is 11.5 Å². The SMILES string of the molecule is NCC(c1cccc(Cl)c1)N1CCCS(=O)(=O)CC1. The molecule has 1 aliphatic heterocycles. The van der Waals surface area contributed by atoms with Crippen LogP contribution in [0, 0.1) is 0 Å². The number of rotatable bonds is 3. The fraction of sp³-hybridized carbons (Fsp3) is 0.538.